The van der Waals surface area contributed by atoms with Gasteiger partial charge in [-0.15, -0.1) is 0 Å². The molecule has 1 saturated heterocycles. The topological polar surface area (TPSA) is 72.1 Å². The van der Waals surface area contributed by atoms with Crippen LogP contribution in [0.25, 0.3) is 11.3 Å². The zero-order valence-electron chi connectivity index (χ0n) is 15.9. The molecule has 3 fully saturated rings. The molecule has 2 saturated carbocycles. The van der Waals surface area contributed by atoms with E-state index in [-0.39, 0.29) is 11.8 Å². The molecule has 1 aliphatic heterocycles. The third kappa shape index (κ3) is 3.26. The highest BCUT2D eigenvalue weighted by molar-refractivity contribution is 5.79. The Hall–Kier alpha value is -2.24. The predicted molar refractivity (Wildman–Crippen MR) is 100 cm³/mol. The molecular weight excluding hydrogens is 340 g/mol. The highest BCUT2D eigenvalue weighted by atomic mass is 16.5. The highest BCUT2D eigenvalue weighted by Crippen LogP contribution is 2.41. The van der Waals surface area contributed by atoms with E-state index in [1.807, 2.05) is 19.2 Å². The summed E-state index contributed by atoms with van der Waals surface area (Å²) in [4.78, 5) is 24.4. The lowest BCUT2D eigenvalue weighted by molar-refractivity contribution is -0.139. The van der Waals surface area contributed by atoms with Crippen molar-refractivity contribution in [2.24, 2.45) is 5.92 Å². The fourth-order valence-corrected chi connectivity index (χ4v) is 4.25. The molecule has 2 aliphatic carbocycles. The summed E-state index contributed by atoms with van der Waals surface area (Å²) in [5.41, 5.74) is 2.82. The van der Waals surface area contributed by atoms with Gasteiger partial charge in [0.25, 0.3) is 0 Å². The van der Waals surface area contributed by atoms with E-state index in [9.17, 15) is 4.79 Å². The summed E-state index contributed by atoms with van der Waals surface area (Å²) in [6.07, 6.45) is 9.65. The molecule has 0 radical (unpaired) electrons. The summed E-state index contributed by atoms with van der Waals surface area (Å²) < 4.78 is 5.53. The summed E-state index contributed by atoms with van der Waals surface area (Å²) >= 11 is 0. The largest absolute Gasteiger partial charge is 0.356 e. The Kier molecular flexibility index (Phi) is 4.21. The molecule has 0 spiro atoms. The zero-order valence-corrected chi connectivity index (χ0v) is 15.9. The number of rotatable bonds is 4. The van der Waals surface area contributed by atoms with E-state index in [4.69, 9.17) is 9.51 Å². The fraction of sp³-hybridized carbons (Fsp3) is 0.619. The third-order valence-electron chi connectivity index (χ3n) is 6.25. The van der Waals surface area contributed by atoms with Gasteiger partial charge in [0.05, 0.1) is 17.0 Å². The average Bonchev–Trinajstić information content (AvgIpc) is 3.41. The van der Waals surface area contributed by atoms with Gasteiger partial charge in [-0.25, -0.2) is 9.97 Å². The maximum Gasteiger partial charge on any atom is 0.225 e. The molecule has 5 rings (SSSR count). The van der Waals surface area contributed by atoms with E-state index >= 15 is 0 Å². The van der Waals surface area contributed by atoms with Gasteiger partial charge >= 0.3 is 0 Å². The first kappa shape index (κ1) is 16.9. The second-order valence-electron chi connectivity index (χ2n) is 8.39. The molecule has 2 aromatic heterocycles. The average molecular weight is 366 g/mol. The van der Waals surface area contributed by atoms with Crippen molar-refractivity contribution >= 4 is 5.91 Å². The maximum atomic E-state index is 12.8. The van der Waals surface area contributed by atoms with Crippen LogP contribution in [0.2, 0.25) is 0 Å². The van der Waals surface area contributed by atoms with Crippen LogP contribution in [0.1, 0.15) is 74.0 Å². The van der Waals surface area contributed by atoms with Crippen molar-refractivity contribution in [2.45, 2.75) is 63.7 Å². The lowest BCUT2D eigenvalue weighted by atomic mass is 9.83. The van der Waals surface area contributed by atoms with Crippen LogP contribution in [0, 0.1) is 12.8 Å². The van der Waals surface area contributed by atoms with E-state index < -0.39 is 0 Å². The van der Waals surface area contributed by atoms with Crippen molar-refractivity contribution in [2.75, 3.05) is 13.1 Å². The second-order valence-corrected chi connectivity index (χ2v) is 8.39. The highest BCUT2D eigenvalue weighted by Gasteiger charge is 2.35. The lowest BCUT2D eigenvalue weighted by Gasteiger charge is -2.37. The SMILES string of the molecule is Cc1cc(-c2cnc(C3CC3)nc2C2CCCN(C(=O)C3CCC3)C2)on1. The normalized spacial score (nSPS) is 23.3. The number of amides is 1. The van der Waals surface area contributed by atoms with Gasteiger partial charge in [0, 0.05) is 43.1 Å². The van der Waals surface area contributed by atoms with Crippen molar-refractivity contribution in [1.29, 1.82) is 0 Å². The first-order valence-corrected chi connectivity index (χ1v) is 10.3. The second kappa shape index (κ2) is 6.73. The molecule has 6 heteroatoms. The Bertz CT molecular complexity index is 854. The minimum atomic E-state index is 0.240. The first-order chi connectivity index (χ1) is 13.2. The van der Waals surface area contributed by atoms with Gasteiger partial charge in [-0.05, 0) is 45.4 Å². The summed E-state index contributed by atoms with van der Waals surface area (Å²) in [6, 6.07) is 1.94. The minimum absolute atomic E-state index is 0.240. The first-order valence-electron chi connectivity index (χ1n) is 10.3. The van der Waals surface area contributed by atoms with Crippen LogP contribution in [0.4, 0.5) is 0 Å². The monoisotopic (exact) mass is 366 g/mol. The quantitative estimate of drug-likeness (QED) is 0.822. The minimum Gasteiger partial charge on any atom is -0.356 e. The van der Waals surface area contributed by atoms with Crippen LogP contribution >= 0.6 is 0 Å². The Morgan fingerprint density at radius 1 is 1.15 bits per heavy atom. The number of likely N-dealkylation sites (tertiary alicyclic amines) is 1. The predicted octanol–water partition coefficient (Wildman–Crippen LogP) is 3.82. The Morgan fingerprint density at radius 3 is 2.67 bits per heavy atom. The molecule has 27 heavy (non-hydrogen) atoms. The van der Waals surface area contributed by atoms with Gasteiger partial charge in [0.2, 0.25) is 5.91 Å². The summed E-state index contributed by atoms with van der Waals surface area (Å²) in [5.74, 6) is 3.03. The van der Waals surface area contributed by atoms with Crippen molar-refractivity contribution in [1.82, 2.24) is 20.0 Å². The van der Waals surface area contributed by atoms with Gasteiger partial charge in [-0.3, -0.25) is 4.79 Å². The molecule has 1 amide bonds. The molecule has 0 bridgehead atoms. The number of hydrogen-bond acceptors (Lipinski definition) is 5. The van der Waals surface area contributed by atoms with Crippen molar-refractivity contribution in [3.8, 4) is 11.3 Å². The number of hydrogen-bond donors (Lipinski definition) is 0. The van der Waals surface area contributed by atoms with Gasteiger partial charge in [0.1, 0.15) is 5.82 Å². The molecule has 1 unspecified atom stereocenters. The Labute approximate surface area is 159 Å². The van der Waals surface area contributed by atoms with Crippen LogP contribution in [-0.4, -0.2) is 39.0 Å². The van der Waals surface area contributed by atoms with Gasteiger partial charge in [-0.1, -0.05) is 11.6 Å². The summed E-state index contributed by atoms with van der Waals surface area (Å²) in [5, 5.41) is 4.04. The van der Waals surface area contributed by atoms with Crippen LogP contribution in [0.5, 0.6) is 0 Å². The van der Waals surface area contributed by atoms with Crippen molar-refractivity contribution < 1.29 is 9.32 Å². The Morgan fingerprint density at radius 2 is 2.00 bits per heavy atom. The smallest absolute Gasteiger partial charge is 0.225 e. The molecule has 2 aromatic rings. The molecule has 0 N–H and O–H groups in total. The van der Waals surface area contributed by atoms with E-state index in [0.29, 0.717) is 11.8 Å². The molecule has 0 aromatic carbocycles. The number of carbonyl (C=O) groups is 1. The van der Waals surface area contributed by atoms with Gasteiger partial charge in [-0.2, -0.15) is 0 Å². The molecule has 6 nitrogen and oxygen atoms in total. The van der Waals surface area contributed by atoms with Gasteiger partial charge in [0.15, 0.2) is 5.76 Å². The summed E-state index contributed by atoms with van der Waals surface area (Å²) in [7, 11) is 0. The molecule has 3 heterocycles. The fourth-order valence-electron chi connectivity index (χ4n) is 4.25. The lowest BCUT2D eigenvalue weighted by Crippen LogP contribution is -2.44. The number of carbonyl (C=O) groups excluding carboxylic acids is 1. The van der Waals surface area contributed by atoms with Crippen LogP contribution < -0.4 is 0 Å². The molecule has 142 valence electrons. The molecule has 3 aliphatic rings. The third-order valence-corrected chi connectivity index (χ3v) is 6.25. The van der Waals surface area contributed by atoms with E-state index in [2.05, 4.69) is 15.0 Å². The number of aryl methyl sites for hydroxylation is 1. The molecular formula is C21H26N4O2. The summed E-state index contributed by atoms with van der Waals surface area (Å²) in [6.45, 7) is 3.56. The standard InChI is InChI=1S/C21H26N4O2/c1-13-10-18(27-24-13)17-11-22-20(14-7-8-14)23-19(17)16-6-3-9-25(12-16)21(26)15-4-2-5-15/h10-11,14-16H,2-9,12H2,1H3. The van der Waals surface area contributed by atoms with Crippen molar-refractivity contribution in [3.05, 3.63) is 29.5 Å². The van der Waals surface area contributed by atoms with Crippen molar-refractivity contribution in [3.63, 3.8) is 0 Å². The molecule has 1 atom stereocenters. The maximum absolute atomic E-state index is 12.8. The number of nitrogens with zero attached hydrogens (tertiary/aromatic N) is 4. The van der Waals surface area contributed by atoms with Crippen LogP contribution in [0.3, 0.4) is 0 Å². The van der Waals surface area contributed by atoms with E-state index in [0.717, 1.165) is 67.3 Å². The van der Waals surface area contributed by atoms with E-state index in [1.54, 1.807) is 0 Å². The van der Waals surface area contributed by atoms with E-state index in [1.165, 1.54) is 19.3 Å². The number of aromatic nitrogens is 3. The zero-order chi connectivity index (χ0) is 18.4. The van der Waals surface area contributed by atoms with Crippen LogP contribution in [0.15, 0.2) is 16.8 Å². The number of piperidine rings is 1. The van der Waals surface area contributed by atoms with Crippen LogP contribution in [-0.2, 0) is 4.79 Å². The Balaban J connectivity index is 1.46. The van der Waals surface area contributed by atoms with Gasteiger partial charge < -0.3 is 9.42 Å².